The van der Waals surface area contributed by atoms with Crippen molar-refractivity contribution >= 4 is 17.3 Å². The van der Waals surface area contributed by atoms with Crippen LogP contribution in [0.5, 0.6) is 6.01 Å². The summed E-state index contributed by atoms with van der Waals surface area (Å²) in [6.07, 6.45) is 3.43. The Morgan fingerprint density at radius 3 is 2.68 bits per heavy atom. The molecule has 0 saturated carbocycles. The largest absolute Gasteiger partial charge is 0.461 e. The van der Waals surface area contributed by atoms with Crippen molar-refractivity contribution in [2.24, 2.45) is 0 Å². The minimum Gasteiger partial charge on any atom is -0.461 e. The van der Waals surface area contributed by atoms with Crippen molar-refractivity contribution in [2.75, 3.05) is 24.3 Å². The molecule has 0 amide bonds. The molecule has 3 N–H and O–H groups in total. The van der Waals surface area contributed by atoms with Gasteiger partial charge < -0.3 is 20.5 Å². The zero-order chi connectivity index (χ0) is 24.3. The number of nitrogens with one attached hydrogen (secondary N) is 1. The fourth-order valence-electron chi connectivity index (χ4n) is 3.38. The zero-order valence-electron chi connectivity index (χ0n) is 19.6. The van der Waals surface area contributed by atoms with Crippen LogP contribution in [0.1, 0.15) is 43.6 Å². The molecule has 4 aromatic rings. The van der Waals surface area contributed by atoms with E-state index in [2.05, 4.69) is 25.4 Å². The molecule has 0 radical (unpaired) electrons. The maximum absolute atomic E-state index is 13.3. The van der Waals surface area contributed by atoms with Crippen LogP contribution in [0.4, 0.5) is 16.0 Å². The highest BCUT2D eigenvalue weighted by molar-refractivity contribution is 5.85. The Morgan fingerprint density at radius 2 is 1.94 bits per heavy atom. The Balaban J connectivity index is 0.00000228. The van der Waals surface area contributed by atoms with Gasteiger partial charge in [-0.25, -0.2) is 13.9 Å². The summed E-state index contributed by atoms with van der Waals surface area (Å²) in [5, 5.41) is 7.65. The molecule has 1 aromatic carbocycles. The van der Waals surface area contributed by atoms with Crippen molar-refractivity contribution in [1.82, 2.24) is 24.6 Å². The van der Waals surface area contributed by atoms with Gasteiger partial charge in [-0.2, -0.15) is 9.97 Å². The summed E-state index contributed by atoms with van der Waals surface area (Å²) in [6, 6.07) is 9.85. The quantitative estimate of drug-likeness (QED) is 0.345. The molecule has 1 atom stereocenters. The summed E-state index contributed by atoms with van der Waals surface area (Å²) in [5.74, 6) is 0.518. The van der Waals surface area contributed by atoms with Crippen molar-refractivity contribution in [3.63, 3.8) is 0 Å². The van der Waals surface area contributed by atoms with E-state index in [1.54, 1.807) is 41.2 Å². The number of rotatable bonds is 8. The minimum atomic E-state index is -0.288. The number of nitrogen functional groups attached to an aromatic ring is 1. The summed E-state index contributed by atoms with van der Waals surface area (Å²) in [7, 11) is 0. The lowest BCUT2D eigenvalue weighted by molar-refractivity contribution is -0.0173. The van der Waals surface area contributed by atoms with Gasteiger partial charge in [0, 0.05) is 28.8 Å². The van der Waals surface area contributed by atoms with Crippen molar-refractivity contribution < 1.29 is 18.1 Å². The van der Waals surface area contributed by atoms with Gasteiger partial charge in [-0.3, -0.25) is 0 Å². The van der Waals surface area contributed by atoms with Gasteiger partial charge in [-0.15, -0.1) is 5.10 Å². The Morgan fingerprint density at radius 1 is 1.18 bits per heavy atom. The highest BCUT2D eigenvalue weighted by Crippen LogP contribution is 2.31. The first-order valence-corrected chi connectivity index (χ1v) is 11.0. The fraction of sp³-hybridized carbons (Fsp3) is 0.333. The van der Waals surface area contributed by atoms with Crippen LogP contribution in [0.15, 0.2) is 48.8 Å². The molecule has 4 rings (SSSR count). The second kappa shape index (κ2) is 9.60. The van der Waals surface area contributed by atoms with Gasteiger partial charge in [-0.1, -0.05) is 12.1 Å². The van der Waals surface area contributed by atoms with Crippen LogP contribution in [-0.2, 0) is 4.74 Å². The van der Waals surface area contributed by atoms with Crippen LogP contribution in [0.3, 0.4) is 0 Å². The number of benzene rings is 1. The van der Waals surface area contributed by atoms with Crippen LogP contribution in [0, 0.1) is 5.82 Å². The third-order valence-corrected chi connectivity index (χ3v) is 4.97. The first-order valence-electron chi connectivity index (χ1n) is 11.0. The van der Waals surface area contributed by atoms with Gasteiger partial charge in [0.2, 0.25) is 0 Å². The standard InChI is InChI=1S/C24H28FN7O2.3H2/c1-15(16-6-8-17(25)9-7-16)28-19-14-18(20-21(26)31-32-11-5-10-27-22(20)32)29-23(30-19)33-12-13-34-24(2,3)4;;;/h5-11,14-15H,12-13H2,1-4H3,(H2,26,31)(H,28,29,30);3*1H/t15-;;;/m0.../s1. The maximum Gasteiger partial charge on any atom is 0.319 e. The highest BCUT2D eigenvalue weighted by Gasteiger charge is 2.19. The van der Waals surface area contributed by atoms with Gasteiger partial charge in [0.25, 0.3) is 0 Å². The normalized spacial score (nSPS) is 12.6. The number of anilines is 2. The fourth-order valence-corrected chi connectivity index (χ4v) is 3.38. The topological polar surface area (TPSA) is 112 Å². The molecule has 0 unspecified atom stereocenters. The summed E-state index contributed by atoms with van der Waals surface area (Å²) in [4.78, 5) is 13.5. The minimum absolute atomic E-state index is 0. The number of nitrogens with zero attached hydrogens (tertiary/aromatic N) is 5. The van der Waals surface area contributed by atoms with E-state index in [0.717, 1.165) is 5.56 Å². The first kappa shape index (κ1) is 23.4. The molecule has 0 bridgehead atoms. The van der Waals surface area contributed by atoms with Gasteiger partial charge >= 0.3 is 6.01 Å². The Hall–Kier alpha value is -3.79. The van der Waals surface area contributed by atoms with Crippen LogP contribution >= 0.6 is 0 Å². The van der Waals surface area contributed by atoms with Gasteiger partial charge in [0.15, 0.2) is 11.5 Å². The Bertz CT molecular complexity index is 1280. The second-order valence-electron chi connectivity index (χ2n) is 8.80. The molecule has 0 spiro atoms. The monoisotopic (exact) mass is 471 g/mol. The molecule has 0 aliphatic heterocycles. The molecule has 0 aliphatic rings. The van der Waals surface area contributed by atoms with Crippen molar-refractivity contribution in [1.29, 1.82) is 0 Å². The molecule has 34 heavy (non-hydrogen) atoms. The van der Waals surface area contributed by atoms with E-state index in [0.29, 0.717) is 29.3 Å². The van der Waals surface area contributed by atoms with Crippen LogP contribution in [0.25, 0.3) is 16.9 Å². The molecule has 0 saturated heterocycles. The van der Waals surface area contributed by atoms with Gasteiger partial charge in [0.05, 0.1) is 23.5 Å². The summed E-state index contributed by atoms with van der Waals surface area (Å²) in [6.45, 7) is 8.54. The molecule has 0 fully saturated rings. The predicted molar refractivity (Wildman–Crippen MR) is 134 cm³/mol. The van der Waals surface area contributed by atoms with Crippen molar-refractivity contribution in [3.05, 3.63) is 60.2 Å². The Labute approximate surface area is 201 Å². The van der Waals surface area contributed by atoms with E-state index in [9.17, 15) is 4.39 Å². The smallest absolute Gasteiger partial charge is 0.319 e. The number of fused-ring (bicyclic) bond motifs is 1. The molecular formula is C24H34FN7O2. The van der Waals surface area contributed by atoms with Crippen molar-refractivity contribution in [3.8, 4) is 17.3 Å². The first-order chi connectivity index (χ1) is 16.2. The SMILES string of the molecule is C[C@H](Nc1cc(-c2c(N)nn3cccnc23)nc(OCCOC(C)(C)C)n1)c1ccc(F)cc1.[HH].[HH].[HH]. The number of hydrogen-bond donors (Lipinski definition) is 2. The molecular weight excluding hydrogens is 437 g/mol. The second-order valence-corrected chi connectivity index (χ2v) is 8.80. The molecule has 0 aliphatic carbocycles. The molecule has 9 nitrogen and oxygen atoms in total. The third kappa shape index (κ3) is 5.57. The number of hydrogen-bond acceptors (Lipinski definition) is 8. The van der Waals surface area contributed by atoms with Gasteiger partial charge in [-0.05, 0) is 51.5 Å². The highest BCUT2D eigenvalue weighted by atomic mass is 19.1. The van der Waals surface area contributed by atoms with Crippen LogP contribution in [-0.4, -0.2) is 43.4 Å². The van der Waals surface area contributed by atoms with E-state index in [-0.39, 0.29) is 40.2 Å². The van der Waals surface area contributed by atoms with E-state index >= 15 is 0 Å². The summed E-state index contributed by atoms with van der Waals surface area (Å²) >= 11 is 0. The number of aromatic nitrogens is 5. The summed E-state index contributed by atoms with van der Waals surface area (Å²) < 4.78 is 26.5. The molecule has 10 heteroatoms. The summed E-state index contributed by atoms with van der Waals surface area (Å²) in [5.41, 5.74) is 8.50. The van der Waals surface area contributed by atoms with E-state index < -0.39 is 0 Å². The van der Waals surface area contributed by atoms with Crippen LogP contribution < -0.4 is 15.8 Å². The average Bonchev–Trinajstić information content (AvgIpc) is 3.12. The molecule has 3 heterocycles. The number of nitrogens with two attached hydrogens (primary N) is 1. The molecule has 3 aromatic heterocycles. The number of ether oxygens (including phenoxy) is 2. The van der Waals surface area contributed by atoms with E-state index in [1.807, 2.05) is 27.7 Å². The van der Waals surface area contributed by atoms with Gasteiger partial charge in [0.1, 0.15) is 18.2 Å². The van der Waals surface area contributed by atoms with Crippen LogP contribution in [0.2, 0.25) is 0 Å². The van der Waals surface area contributed by atoms with E-state index in [4.69, 9.17) is 15.2 Å². The predicted octanol–water partition coefficient (Wildman–Crippen LogP) is 5.01. The van der Waals surface area contributed by atoms with Crippen molar-refractivity contribution in [2.45, 2.75) is 39.3 Å². The third-order valence-electron chi connectivity index (χ3n) is 4.97. The maximum atomic E-state index is 13.3. The zero-order valence-corrected chi connectivity index (χ0v) is 19.6. The lowest BCUT2D eigenvalue weighted by atomic mass is 10.1. The Kier molecular flexibility index (Phi) is 6.60. The number of halogens is 1. The van der Waals surface area contributed by atoms with E-state index in [1.165, 1.54) is 12.1 Å². The average molecular weight is 472 g/mol. The lowest BCUT2D eigenvalue weighted by Gasteiger charge is -2.19. The lowest BCUT2D eigenvalue weighted by Crippen LogP contribution is -2.22. The molecule has 184 valence electrons.